The van der Waals surface area contributed by atoms with Crippen LogP contribution in [0.5, 0.6) is 0 Å². The molecular formula is C15H22BrNO. The highest BCUT2D eigenvalue weighted by atomic mass is 79.9. The highest BCUT2D eigenvalue weighted by molar-refractivity contribution is 9.10. The highest BCUT2D eigenvalue weighted by Crippen LogP contribution is 2.30. The van der Waals surface area contributed by atoms with Crippen molar-refractivity contribution in [2.75, 3.05) is 18.0 Å². The topological polar surface area (TPSA) is 23.5 Å². The monoisotopic (exact) mass is 311 g/mol. The van der Waals surface area contributed by atoms with Crippen LogP contribution in [0.25, 0.3) is 0 Å². The Balaban J connectivity index is 2.08. The number of nitrogens with zero attached hydrogens (tertiary/aromatic N) is 1. The molecule has 0 aromatic heterocycles. The lowest BCUT2D eigenvalue weighted by atomic mass is 9.94. The fraction of sp³-hybridized carbons (Fsp3) is 0.600. The van der Waals surface area contributed by atoms with Crippen molar-refractivity contribution in [2.24, 2.45) is 5.92 Å². The minimum atomic E-state index is -0.417. The van der Waals surface area contributed by atoms with Crippen molar-refractivity contribution >= 4 is 21.6 Å². The second kappa shape index (κ2) is 6.07. The highest BCUT2D eigenvalue weighted by Gasteiger charge is 2.18. The maximum absolute atomic E-state index is 9.63. The lowest BCUT2D eigenvalue weighted by molar-refractivity contribution is 0.198. The molecule has 0 saturated carbocycles. The van der Waals surface area contributed by atoms with Gasteiger partial charge in [0.2, 0.25) is 0 Å². The Morgan fingerprint density at radius 2 is 2.06 bits per heavy atom. The van der Waals surface area contributed by atoms with Gasteiger partial charge in [-0.3, -0.25) is 0 Å². The van der Waals surface area contributed by atoms with Crippen LogP contribution >= 0.6 is 15.9 Å². The zero-order valence-electron chi connectivity index (χ0n) is 11.2. The summed E-state index contributed by atoms with van der Waals surface area (Å²) in [7, 11) is 0. The lowest BCUT2D eigenvalue weighted by Gasteiger charge is -2.33. The number of anilines is 1. The van der Waals surface area contributed by atoms with Crippen molar-refractivity contribution in [1.82, 2.24) is 0 Å². The first-order valence-electron chi connectivity index (χ1n) is 6.84. The minimum Gasteiger partial charge on any atom is -0.389 e. The summed E-state index contributed by atoms with van der Waals surface area (Å²) in [6.07, 6.45) is 3.48. The summed E-state index contributed by atoms with van der Waals surface area (Å²) in [5.74, 6) is 0.904. The van der Waals surface area contributed by atoms with Crippen molar-refractivity contribution in [3.63, 3.8) is 0 Å². The molecule has 0 amide bonds. The quantitative estimate of drug-likeness (QED) is 0.907. The van der Waals surface area contributed by atoms with Crippen LogP contribution in [-0.2, 0) is 0 Å². The van der Waals surface area contributed by atoms with E-state index in [1.165, 1.54) is 24.9 Å². The number of aliphatic hydroxyl groups excluding tert-OH is 1. The summed E-state index contributed by atoms with van der Waals surface area (Å²) in [5, 5.41) is 9.63. The van der Waals surface area contributed by atoms with E-state index >= 15 is 0 Å². The second-order valence-electron chi connectivity index (χ2n) is 5.22. The molecule has 0 spiro atoms. The van der Waals surface area contributed by atoms with E-state index in [-0.39, 0.29) is 0 Å². The number of piperidine rings is 1. The SMILES string of the molecule is CCC1CCN(c2ccc([C@@H](C)O)c(Br)c2)CC1. The molecule has 1 aliphatic rings. The standard InChI is InChI=1S/C15H22BrNO/c1-3-12-6-8-17(9-7-12)13-4-5-14(11(2)18)15(16)10-13/h4-5,10-12,18H,3,6-9H2,1-2H3/t11-/m1/s1. The summed E-state index contributed by atoms with van der Waals surface area (Å²) in [6, 6.07) is 6.28. The Labute approximate surface area is 118 Å². The van der Waals surface area contributed by atoms with Crippen LogP contribution in [0.2, 0.25) is 0 Å². The van der Waals surface area contributed by atoms with Crippen LogP contribution < -0.4 is 4.90 Å². The third-order valence-electron chi connectivity index (χ3n) is 3.99. The molecule has 2 nitrogen and oxygen atoms in total. The first-order chi connectivity index (χ1) is 8.61. The van der Waals surface area contributed by atoms with Crippen LogP contribution in [-0.4, -0.2) is 18.2 Å². The normalized spacial score (nSPS) is 19.0. The summed E-state index contributed by atoms with van der Waals surface area (Å²) >= 11 is 3.55. The van der Waals surface area contributed by atoms with E-state index in [0.29, 0.717) is 0 Å². The van der Waals surface area contributed by atoms with Gasteiger partial charge in [0, 0.05) is 23.2 Å². The Hall–Kier alpha value is -0.540. The van der Waals surface area contributed by atoms with Gasteiger partial charge in [-0.05, 0) is 43.4 Å². The molecule has 1 aliphatic heterocycles. The van der Waals surface area contributed by atoms with E-state index in [1.54, 1.807) is 6.92 Å². The van der Waals surface area contributed by atoms with E-state index in [0.717, 1.165) is 29.0 Å². The van der Waals surface area contributed by atoms with Gasteiger partial charge in [-0.1, -0.05) is 35.3 Å². The molecular weight excluding hydrogens is 290 g/mol. The summed E-state index contributed by atoms with van der Waals surface area (Å²) < 4.78 is 1.01. The van der Waals surface area contributed by atoms with Gasteiger partial charge in [-0.2, -0.15) is 0 Å². The zero-order chi connectivity index (χ0) is 13.1. The molecule has 0 bridgehead atoms. The third kappa shape index (κ3) is 3.07. The molecule has 1 aromatic carbocycles. The molecule has 1 N–H and O–H groups in total. The first kappa shape index (κ1) is 13.9. The Morgan fingerprint density at radius 1 is 1.39 bits per heavy atom. The van der Waals surface area contributed by atoms with Gasteiger partial charge in [-0.25, -0.2) is 0 Å². The molecule has 1 fully saturated rings. The maximum Gasteiger partial charge on any atom is 0.0772 e. The smallest absolute Gasteiger partial charge is 0.0772 e. The Morgan fingerprint density at radius 3 is 2.56 bits per heavy atom. The van der Waals surface area contributed by atoms with Crippen LogP contribution in [0.3, 0.4) is 0 Å². The number of benzene rings is 1. The van der Waals surface area contributed by atoms with Crippen molar-refractivity contribution in [1.29, 1.82) is 0 Å². The second-order valence-corrected chi connectivity index (χ2v) is 6.07. The van der Waals surface area contributed by atoms with E-state index < -0.39 is 6.10 Å². The van der Waals surface area contributed by atoms with Crippen LogP contribution in [0.15, 0.2) is 22.7 Å². The number of aliphatic hydroxyl groups is 1. The Kier molecular flexibility index (Phi) is 4.68. The minimum absolute atomic E-state index is 0.417. The fourth-order valence-corrected chi connectivity index (χ4v) is 3.35. The van der Waals surface area contributed by atoms with Crippen LogP contribution in [0, 0.1) is 5.92 Å². The summed E-state index contributed by atoms with van der Waals surface area (Å²) in [4.78, 5) is 2.45. The van der Waals surface area contributed by atoms with E-state index in [9.17, 15) is 5.11 Å². The van der Waals surface area contributed by atoms with Crippen LogP contribution in [0.4, 0.5) is 5.69 Å². The van der Waals surface area contributed by atoms with Gasteiger partial charge >= 0.3 is 0 Å². The van der Waals surface area contributed by atoms with Gasteiger partial charge < -0.3 is 10.0 Å². The molecule has 0 radical (unpaired) electrons. The molecule has 100 valence electrons. The number of rotatable bonds is 3. The van der Waals surface area contributed by atoms with Crippen molar-refractivity contribution in [2.45, 2.75) is 39.2 Å². The van der Waals surface area contributed by atoms with Gasteiger partial charge in [-0.15, -0.1) is 0 Å². The molecule has 1 atom stereocenters. The average Bonchev–Trinajstić information content (AvgIpc) is 2.38. The van der Waals surface area contributed by atoms with Crippen molar-refractivity contribution in [3.8, 4) is 0 Å². The van der Waals surface area contributed by atoms with E-state index in [1.807, 2.05) is 6.07 Å². The van der Waals surface area contributed by atoms with Gasteiger partial charge in [0.25, 0.3) is 0 Å². The fourth-order valence-electron chi connectivity index (χ4n) is 2.65. The molecule has 0 aliphatic carbocycles. The van der Waals surface area contributed by atoms with Crippen molar-refractivity contribution in [3.05, 3.63) is 28.2 Å². The summed E-state index contributed by atoms with van der Waals surface area (Å²) in [6.45, 7) is 6.39. The van der Waals surface area contributed by atoms with Crippen LogP contribution in [0.1, 0.15) is 44.8 Å². The molecule has 1 heterocycles. The first-order valence-corrected chi connectivity index (χ1v) is 7.63. The van der Waals surface area contributed by atoms with Gasteiger partial charge in [0.05, 0.1) is 6.10 Å². The van der Waals surface area contributed by atoms with Crippen molar-refractivity contribution < 1.29 is 5.11 Å². The molecule has 0 unspecified atom stereocenters. The van der Waals surface area contributed by atoms with E-state index in [4.69, 9.17) is 0 Å². The number of hydrogen-bond donors (Lipinski definition) is 1. The maximum atomic E-state index is 9.63. The molecule has 2 rings (SSSR count). The lowest BCUT2D eigenvalue weighted by Crippen LogP contribution is -2.33. The predicted octanol–water partition coefficient (Wildman–Crippen LogP) is 4.13. The average molecular weight is 312 g/mol. The summed E-state index contributed by atoms with van der Waals surface area (Å²) in [5.41, 5.74) is 2.23. The van der Waals surface area contributed by atoms with E-state index in [2.05, 4.69) is 39.9 Å². The Bertz CT molecular complexity index is 397. The molecule has 3 heteroatoms. The van der Waals surface area contributed by atoms with Gasteiger partial charge in [0.15, 0.2) is 0 Å². The molecule has 1 aromatic rings. The zero-order valence-corrected chi connectivity index (χ0v) is 12.8. The number of hydrogen-bond acceptors (Lipinski definition) is 2. The van der Waals surface area contributed by atoms with Gasteiger partial charge in [0.1, 0.15) is 0 Å². The third-order valence-corrected chi connectivity index (χ3v) is 4.68. The largest absolute Gasteiger partial charge is 0.389 e. The number of halogens is 1. The molecule has 18 heavy (non-hydrogen) atoms. The molecule has 1 saturated heterocycles. The predicted molar refractivity (Wildman–Crippen MR) is 80.0 cm³/mol.